The van der Waals surface area contributed by atoms with Gasteiger partial charge in [0.1, 0.15) is 0 Å². The highest BCUT2D eigenvalue weighted by atomic mass is 32.1. The van der Waals surface area contributed by atoms with Gasteiger partial charge in [0.15, 0.2) is 5.13 Å². The topological polar surface area (TPSA) is 37.4 Å². The first-order valence-corrected chi connectivity index (χ1v) is 8.50. The van der Waals surface area contributed by atoms with Crippen LogP contribution in [0, 0.1) is 5.92 Å². The van der Waals surface area contributed by atoms with Crippen LogP contribution in [0.1, 0.15) is 44.0 Å². The fourth-order valence-corrected chi connectivity index (χ4v) is 2.88. The lowest BCUT2D eigenvalue weighted by atomic mass is 10.3. The summed E-state index contributed by atoms with van der Waals surface area (Å²) < 4.78 is 5.68. The molecule has 0 saturated heterocycles. The van der Waals surface area contributed by atoms with Gasteiger partial charge in [0.05, 0.1) is 6.61 Å². The maximum absolute atomic E-state index is 5.68. The molecular weight excluding hydrogens is 270 g/mol. The van der Waals surface area contributed by atoms with E-state index >= 15 is 0 Å². The second-order valence-corrected chi connectivity index (χ2v) is 6.70. The lowest BCUT2D eigenvalue weighted by molar-refractivity contribution is 0.131. The molecule has 1 aliphatic rings. The quantitative estimate of drug-likeness (QED) is 0.674. The Balaban J connectivity index is 1.71. The van der Waals surface area contributed by atoms with Crippen molar-refractivity contribution in [2.45, 2.75) is 39.2 Å². The maximum Gasteiger partial charge on any atom is 0.185 e. The Morgan fingerprint density at radius 3 is 3.05 bits per heavy atom. The fraction of sp³-hybridized carbons (Fsp3) is 0.800. The van der Waals surface area contributed by atoms with E-state index in [0.29, 0.717) is 6.04 Å². The summed E-state index contributed by atoms with van der Waals surface area (Å²) >= 11 is 1.77. The van der Waals surface area contributed by atoms with Gasteiger partial charge in [0.25, 0.3) is 0 Å². The van der Waals surface area contributed by atoms with Crippen molar-refractivity contribution in [2.24, 2.45) is 5.92 Å². The molecule has 1 fully saturated rings. The van der Waals surface area contributed by atoms with E-state index in [9.17, 15) is 0 Å². The Morgan fingerprint density at radius 1 is 1.55 bits per heavy atom. The Morgan fingerprint density at radius 2 is 2.35 bits per heavy atom. The smallest absolute Gasteiger partial charge is 0.185 e. The molecule has 20 heavy (non-hydrogen) atoms. The van der Waals surface area contributed by atoms with Crippen LogP contribution < -0.4 is 10.2 Å². The Labute approximate surface area is 126 Å². The first-order valence-electron chi connectivity index (χ1n) is 7.68. The van der Waals surface area contributed by atoms with E-state index < -0.39 is 0 Å². The number of rotatable bonds is 10. The van der Waals surface area contributed by atoms with Crippen LogP contribution >= 0.6 is 11.3 Å². The molecule has 5 heteroatoms. The minimum absolute atomic E-state index is 0.390. The third-order valence-corrected chi connectivity index (χ3v) is 4.88. The highest BCUT2D eigenvalue weighted by molar-refractivity contribution is 7.15. The predicted octanol–water partition coefficient (Wildman–Crippen LogP) is 3.07. The van der Waals surface area contributed by atoms with Crippen LogP contribution in [0.15, 0.2) is 6.20 Å². The summed E-state index contributed by atoms with van der Waals surface area (Å²) in [5.74, 6) is 0.845. The minimum Gasteiger partial charge on any atom is -0.379 e. The van der Waals surface area contributed by atoms with Gasteiger partial charge in [-0.1, -0.05) is 6.92 Å². The lowest BCUT2D eigenvalue weighted by Crippen LogP contribution is -2.22. The van der Waals surface area contributed by atoms with E-state index in [2.05, 4.69) is 36.1 Å². The average Bonchev–Trinajstić information content (AvgIpc) is 3.14. The van der Waals surface area contributed by atoms with Crippen molar-refractivity contribution >= 4 is 16.5 Å². The van der Waals surface area contributed by atoms with Crippen LogP contribution in [0.4, 0.5) is 5.13 Å². The van der Waals surface area contributed by atoms with Gasteiger partial charge in [0.2, 0.25) is 0 Å². The molecule has 114 valence electrons. The Kier molecular flexibility index (Phi) is 6.26. The zero-order valence-electron chi connectivity index (χ0n) is 12.9. The summed E-state index contributed by atoms with van der Waals surface area (Å²) in [4.78, 5) is 8.01. The molecule has 1 heterocycles. The van der Waals surface area contributed by atoms with Crippen LogP contribution in [0.5, 0.6) is 0 Å². The summed E-state index contributed by atoms with van der Waals surface area (Å²) in [5, 5.41) is 4.58. The van der Waals surface area contributed by atoms with Gasteiger partial charge in [-0.3, -0.25) is 0 Å². The highest BCUT2D eigenvalue weighted by Crippen LogP contribution is 2.29. The van der Waals surface area contributed by atoms with E-state index in [-0.39, 0.29) is 0 Å². The fourth-order valence-electron chi connectivity index (χ4n) is 1.95. The van der Waals surface area contributed by atoms with Gasteiger partial charge in [-0.2, -0.15) is 0 Å². The van der Waals surface area contributed by atoms with Crippen molar-refractivity contribution in [1.29, 1.82) is 0 Å². The average molecular weight is 297 g/mol. The van der Waals surface area contributed by atoms with E-state index in [1.807, 2.05) is 6.20 Å². The minimum atomic E-state index is 0.390. The van der Waals surface area contributed by atoms with E-state index in [0.717, 1.165) is 43.8 Å². The van der Waals surface area contributed by atoms with Gasteiger partial charge in [0, 0.05) is 37.3 Å². The molecule has 0 radical (unpaired) electrons. The molecule has 0 amide bonds. The molecule has 1 aromatic rings. The second kappa shape index (κ2) is 7.96. The largest absolute Gasteiger partial charge is 0.379 e. The van der Waals surface area contributed by atoms with Gasteiger partial charge in [-0.15, -0.1) is 11.3 Å². The van der Waals surface area contributed by atoms with Gasteiger partial charge in [-0.25, -0.2) is 4.98 Å². The molecule has 1 atom stereocenters. The van der Waals surface area contributed by atoms with Crippen LogP contribution in [-0.2, 0) is 4.74 Å². The number of hydrogen-bond acceptors (Lipinski definition) is 5. The zero-order chi connectivity index (χ0) is 14.4. The van der Waals surface area contributed by atoms with Crippen LogP contribution in [-0.4, -0.2) is 38.3 Å². The third kappa shape index (κ3) is 5.04. The molecular formula is C15H27N3OS. The van der Waals surface area contributed by atoms with Crippen LogP contribution in [0.25, 0.3) is 0 Å². The molecule has 0 spiro atoms. The highest BCUT2D eigenvalue weighted by Gasteiger charge is 2.21. The number of nitrogens with one attached hydrogen (secondary N) is 1. The van der Waals surface area contributed by atoms with Crippen molar-refractivity contribution < 1.29 is 4.74 Å². The summed E-state index contributed by atoms with van der Waals surface area (Å²) in [6.45, 7) is 8.09. The van der Waals surface area contributed by atoms with Crippen molar-refractivity contribution in [2.75, 3.05) is 38.3 Å². The van der Waals surface area contributed by atoms with Crippen molar-refractivity contribution in [1.82, 2.24) is 10.3 Å². The van der Waals surface area contributed by atoms with E-state index in [4.69, 9.17) is 4.74 Å². The summed E-state index contributed by atoms with van der Waals surface area (Å²) in [7, 11) is 2.09. The van der Waals surface area contributed by atoms with Crippen molar-refractivity contribution in [3.8, 4) is 0 Å². The van der Waals surface area contributed by atoms with Gasteiger partial charge >= 0.3 is 0 Å². The predicted molar refractivity (Wildman–Crippen MR) is 85.6 cm³/mol. The number of hydrogen-bond donors (Lipinski definition) is 1. The molecule has 1 aromatic heterocycles. The SMILES string of the molecule is CCCNC(C)c1cnc(N(C)CCOCC2CC2)s1. The van der Waals surface area contributed by atoms with Crippen molar-refractivity contribution in [3.63, 3.8) is 0 Å². The molecule has 0 bridgehead atoms. The number of ether oxygens (including phenoxy) is 1. The first-order chi connectivity index (χ1) is 9.70. The van der Waals surface area contributed by atoms with Crippen LogP contribution in [0.3, 0.4) is 0 Å². The molecule has 1 aliphatic carbocycles. The monoisotopic (exact) mass is 297 g/mol. The maximum atomic E-state index is 5.68. The summed E-state index contributed by atoms with van der Waals surface area (Å²) in [6, 6.07) is 0.390. The number of thiazole rings is 1. The van der Waals surface area contributed by atoms with Crippen molar-refractivity contribution in [3.05, 3.63) is 11.1 Å². The Bertz CT molecular complexity index is 392. The lowest BCUT2D eigenvalue weighted by Gasteiger charge is -2.15. The number of aromatic nitrogens is 1. The normalized spacial score (nSPS) is 16.4. The molecule has 4 nitrogen and oxygen atoms in total. The van der Waals surface area contributed by atoms with Gasteiger partial charge in [-0.05, 0) is 38.6 Å². The second-order valence-electron chi connectivity index (χ2n) is 5.66. The summed E-state index contributed by atoms with van der Waals surface area (Å²) in [5.41, 5.74) is 0. The van der Waals surface area contributed by atoms with Gasteiger partial charge < -0.3 is 15.0 Å². The molecule has 1 unspecified atom stereocenters. The number of nitrogens with zero attached hydrogens (tertiary/aromatic N) is 2. The molecule has 0 aliphatic heterocycles. The van der Waals surface area contributed by atoms with Crippen LogP contribution in [0.2, 0.25) is 0 Å². The molecule has 2 rings (SSSR count). The standard InChI is InChI=1S/C15H27N3OS/c1-4-7-16-12(2)14-10-17-15(20-14)18(3)8-9-19-11-13-5-6-13/h10,12-13,16H,4-9,11H2,1-3H3. The first kappa shape index (κ1) is 15.7. The molecule has 1 N–H and O–H groups in total. The number of likely N-dealkylation sites (N-methyl/N-ethyl adjacent to an activating group) is 1. The third-order valence-electron chi connectivity index (χ3n) is 3.59. The molecule has 0 aromatic carbocycles. The Hall–Kier alpha value is -0.650. The number of anilines is 1. The van der Waals surface area contributed by atoms with E-state index in [1.54, 1.807) is 11.3 Å². The molecule has 1 saturated carbocycles. The van der Waals surface area contributed by atoms with E-state index in [1.165, 1.54) is 17.7 Å². The summed E-state index contributed by atoms with van der Waals surface area (Å²) in [6.07, 6.45) is 5.87. The zero-order valence-corrected chi connectivity index (χ0v) is 13.7.